The number of nitrogen functional groups attached to an aromatic ring is 1. The van der Waals surface area contributed by atoms with Crippen molar-refractivity contribution in [1.82, 2.24) is 0 Å². The van der Waals surface area contributed by atoms with Gasteiger partial charge in [0.25, 0.3) is 0 Å². The third-order valence-electron chi connectivity index (χ3n) is 3.70. The molecule has 0 fully saturated rings. The molecule has 2 nitrogen and oxygen atoms in total. The first kappa shape index (κ1) is 14.4. The van der Waals surface area contributed by atoms with Crippen molar-refractivity contribution in [2.45, 2.75) is 26.2 Å². The summed E-state index contributed by atoms with van der Waals surface area (Å²) in [6.45, 7) is 3.24. The lowest BCUT2D eigenvalue weighted by Crippen LogP contribution is -2.18. The number of anilines is 2. The molecule has 0 aliphatic rings. The lowest BCUT2D eigenvalue weighted by molar-refractivity contribution is 0.786. The zero-order valence-electron chi connectivity index (χ0n) is 12.5. The van der Waals surface area contributed by atoms with Crippen LogP contribution >= 0.6 is 0 Å². The summed E-state index contributed by atoms with van der Waals surface area (Å²) in [5, 5.41) is 0. The van der Waals surface area contributed by atoms with E-state index < -0.39 is 0 Å². The largest absolute Gasteiger partial charge is 0.399 e. The van der Waals surface area contributed by atoms with Gasteiger partial charge in [-0.2, -0.15) is 0 Å². The van der Waals surface area contributed by atoms with E-state index in [1.807, 2.05) is 12.1 Å². The van der Waals surface area contributed by atoms with Gasteiger partial charge in [-0.3, -0.25) is 0 Å². The number of hydrogen-bond donors (Lipinski definition) is 1. The second-order valence-corrected chi connectivity index (χ2v) is 5.29. The van der Waals surface area contributed by atoms with Crippen LogP contribution in [-0.2, 0) is 12.8 Å². The maximum atomic E-state index is 5.80. The highest BCUT2D eigenvalue weighted by Crippen LogP contribution is 2.15. The standard InChI is InChI=1S/C18H24N2/c1-3-15-9-11-18(12-10-15)20(2)13-5-7-16-6-4-8-17(19)14-16/h4,6,8-12,14H,3,5,7,13,19H2,1-2H3. The van der Waals surface area contributed by atoms with Crippen LogP contribution in [0.25, 0.3) is 0 Å². The molecule has 0 saturated carbocycles. The summed E-state index contributed by atoms with van der Waals surface area (Å²) in [6.07, 6.45) is 3.30. The number of rotatable bonds is 6. The molecule has 106 valence electrons. The molecule has 0 heterocycles. The smallest absolute Gasteiger partial charge is 0.0363 e. The Labute approximate surface area is 122 Å². The lowest BCUT2D eigenvalue weighted by atomic mass is 10.1. The monoisotopic (exact) mass is 268 g/mol. The Morgan fingerprint density at radius 3 is 2.40 bits per heavy atom. The molecule has 0 aromatic heterocycles. The Balaban J connectivity index is 1.83. The fraction of sp³-hybridized carbons (Fsp3) is 0.333. The minimum absolute atomic E-state index is 0.853. The molecule has 2 aromatic rings. The Morgan fingerprint density at radius 2 is 1.75 bits per heavy atom. The van der Waals surface area contributed by atoms with E-state index in [1.54, 1.807) is 0 Å². The molecule has 2 rings (SSSR count). The second kappa shape index (κ2) is 6.99. The Hall–Kier alpha value is -1.96. The summed E-state index contributed by atoms with van der Waals surface area (Å²) in [5.41, 5.74) is 10.6. The maximum Gasteiger partial charge on any atom is 0.0363 e. The molecule has 2 N–H and O–H groups in total. The summed E-state index contributed by atoms with van der Waals surface area (Å²) >= 11 is 0. The van der Waals surface area contributed by atoms with Crippen molar-refractivity contribution >= 4 is 11.4 Å². The van der Waals surface area contributed by atoms with E-state index in [0.717, 1.165) is 31.5 Å². The van der Waals surface area contributed by atoms with Crippen LogP contribution in [0.5, 0.6) is 0 Å². The van der Waals surface area contributed by atoms with Crippen LogP contribution in [0, 0.1) is 0 Å². The number of benzene rings is 2. The van der Waals surface area contributed by atoms with Gasteiger partial charge in [0.05, 0.1) is 0 Å². The van der Waals surface area contributed by atoms with Gasteiger partial charge in [-0.25, -0.2) is 0 Å². The molecule has 0 amide bonds. The molecule has 2 heteroatoms. The van der Waals surface area contributed by atoms with E-state index in [2.05, 4.69) is 55.3 Å². The quantitative estimate of drug-likeness (QED) is 0.805. The van der Waals surface area contributed by atoms with E-state index in [-0.39, 0.29) is 0 Å². The molecule has 0 atom stereocenters. The summed E-state index contributed by atoms with van der Waals surface area (Å²) in [5.74, 6) is 0. The van der Waals surface area contributed by atoms with Gasteiger partial charge < -0.3 is 10.6 Å². The van der Waals surface area contributed by atoms with Crippen LogP contribution in [0.2, 0.25) is 0 Å². The fourth-order valence-electron chi connectivity index (χ4n) is 2.38. The van der Waals surface area contributed by atoms with E-state index in [0.29, 0.717) is 0 Å². The minimum Gasteiger partial charge on any atom is -0.399 e. The SMILES string of the molecule is CCc1ccc(N(C)CCCc2cccc(N)c2)cc1. The normalized spacial score (nSPS) is 10.5. The average molecular weight is 268 g/mol. The number of nitrogens with two attached hydrogens (primary N) is 1. The maximum absolute atomic E-state index is 5.80. The van der Waals surface area contributed by atoms with Crippen LogP contribution in [0.1, 0.15) is 24.5 Å². The van der Waals surface area contributed by atoms with Gasteiger partial charge in [-0.1, -0.05) is 31.2 Å². The third kappa shape index (κ3) is 4.02. The van der Waals surface area contributed by atoms with Crippen LogP contribution < -0.4 is 10.6 Å². The number of hydrogen-bond acceptors (Lipinski definition) is 2. The van der Waals surface area contributed by atoms with Gasteiger partial charge in [-0.15, -0.1) is 0 Å². The van der Waals surface area contributed by atoms with Crippen molar-refractivity contribution < 1.29 is 0 Å². The van der Waals surface area contributed by atoms with E-state index >= 15 is 0 Å². The highest BCUT2D eigenvalue weighted by molar-refractivity contribution is 5.47. The zero-order valence-corrected chi connectivity index (χ0v) is 12.5. The Morgan fingerprint density at radius 1 is 1.00 bits per heavy atom. The number of nitrogens with zero attached hydrogens (tertiary/aromatic N) is 1. The molecule has 0 spiro atoms. The molecular formula is C18H24N2. The highest BCUT2D eigenvalue weighted by Gasteiger charge is 2.01. The van der Waals surface area contributed by atoms with Crippen molar-refractivity contribution in [3.05, 3.63) is 59.7 Å². The van der Waals surface area contributed by atoms with Gasteiger partial charge in [0.2, 0.25) is 0 Å². The van der Waals surface area contributed by atoms with Gasteiger partial charge in [0.1, 0.15) is 0 Å². The molecule has 0 radical (unpaired) electrons. The second-order valence-electron chi connectivity index (χ2n) is 5.29. The molecule has 0 aliphatic carbocycles. The first-order valence-electron chi connectivity index (χ1n) is 7.33. The molecule has 20 heavy (non-hydrogen) atoms. The van der Waals surface area contributed by atoms with Gasteiger partial charge in [0.15, 0.2) is 0 Å². The Kier molecular flexibility index (Phi) is 5.05. The molecule has 0 aliphatic heterocycles. The summed E-state index contributed by atoms with van der Waals surface area (Å²) < 4.78 is 0. The van der Waals surface area contributed by atoms with Crippen LogP contribution in [-0.4, -0.2) is 13.6 Å². The summed E-state index contributed by atoms with van der Waals surface area (Å²) in [4.78, 5) is 2.31. The Bertz CT molecular complexity index is 531. The molecule has 0 unspecified atom stereocenters. The fourth-order valence-corrected chi connectivity index (χ4v) is 2.38. The summed E-state index contributed by atoms with van der Waals surface area (Å²) in [6, 6.07) is 17.0. The van der Waals surface area contributed by atoms with Gasteiger partial charge in [-0.05, 0) is 54.7 Å². The zero-order chi connectivity index (χ0) is 14.4. The van der Waals surface area contributed by atoms with Crippen molar-refractivity contribution in [1.29, 1.82) is 0 Å². The van der Waals surface area contributed by atoms with Gasteiger partial charge >= 0.3 is 0 Å². The third-order valence-corrected chi connectivity index (χ3v) is 3.70. The predicted molar refractivity (Wildman–Crippen MR) is 88.3 cm³/mol. The predicted octanol–water partition coefficient (Wildman–Crippen LogP) is 3.90. The lowest BCUT2D eigenvalue weighted by Gasteiger charge is -2.19. The van der Waals surface area contributed by atoms with Gasteiger partial charge in [0, 0.05) is 25.0 Å². The average Bonchev–Trinajstić information content (AvgIpc) is 2.47. The van der Waals surface area contributed by atoms with Crippen molar-refractivity contribution in [3.63, 3.8) is 0 Å². The van der Waals surface area contributed by atoms with E-state index in [1.165, 1.54) is 16.8 Å². The van der Waals surface area contributed by atoms with E-state index in [4.69, 9.17) is 5.73 Å². The minimum atomic E-state index is 0.853. The first-order valence-corrected chi connectivity index (χ1v) is 7.33. The summed E-state index contributed by atoms with van der Waals surface area (Å²) in [7, 11) is 2.15. The highest BCUT2D eigenvalue weighted by atomic mass is 15.1. The van der Waals surface area contributed by atoms with Crippen LogP contribution in [0.3, 0.4) is 0 Å². The van der Waals surface area contributed by atoms with E-state index in [9.17, 15) is 0 Å². The van der Waals surface area contributed by atoms with Crippen molar-refractivity contribution in [2.24, 2.45) is 0 Å². The topological polar surface area (TPSA) is 29.3 Å². The van der Waals surface area contributed by atoms with Crippen molar-refractivity contribution in [3.8, 4) is 0 Å². The first-order chi connectivity index (χ1) is 9.69. The van der Waals surface area contributed by atoms with Crippen LogP contribution in [0.15, 0.2) is 48.5 Å². The molecular weight excluding hydrogens is 244 g/mol. The molecule has 0 bridgehead atoms. The molecule has 0 saturated heterocycles. The number of aryl methyl sites for hydroxylation is 2. The van der Waals surface area contributed by atoms with Crippen molar-refractivity contribution in [2.75, 3.05) is 24.2 Å². The van der Waals surface area contributed by atoms with Crippen LogP contribution in [0.4, 0.5) is 11.4 Å². The molecule has 2 aromatic carbocycles.